The molecule has 0 aliphatic carbocycles. The van der Waals surface area contributed by atoms with Crippen LogP contribution in [0.25, 0.3) is 0 Å². The van der Waals surface area contributed by atoms with Crippen molar-refractivity contribution in [3.8, 4) is 0 Å². The predicted molar refractivity (Wildman–Crippen MR) is 83.1 cm³/mol. The molecule has 5 nitrogen and oxygen atoms in total. The third-order valence-electron chi connectivity index (χ3n) is 4.98. The molecule has 0 spiro atoms. The molecule has 2 atom stereocenters. The summed E-state index contributed by atoms with van der Waals surface area (Å²) >= 11 is 0. The first kappa shape index (κ1) is 15.7. The Morgan fingerprint density at radius 1 is 1.21 bits per heavy atom. The first-order valence-electron chi connectivity index (χ1n) is 8.40. The molecule has 2 aromatic rings. The summed E-state index contributed by atoms with van der Waals surface area (Å²) in [4.78, 5) is 1.97. The number of aromatic nitrogens is 3. The Morgan fingerprint density at radius 2 is 2.08 bits per heavy atom. The smallest absolute Gasteiger partial charge is 0.147 e. The Labute approximate surface area is 138 Å². The van der Waals surface area contributed by atoms with Crippen molar-refractivity contribution in [3.63, 3.8) is 0 Å². The van der Waals surface area contributed by atoms with Crippen LogP contribution in [0.4, 0.5) is 8.78 Å². The van der Waals surface area contributed by atoms with Crippen molar-refractivity contribution < 1.29 is 13.9 Å². The summed E-state index contributed by atoms with van der Waals surface area (Å²) in [5.41, 5.74) is 0.296. The van der Waals surface area contributed by atoms with Crippen molar-refractivity contribution in [2.24, 2.45) is 0 Å². The molecule has 1 aromatic heterocycles. The highest BCUT2D eigenvalue weighted by Gasteiger charge is 2.35. The number of hydrogen-bond donors (Lipinski definition) is 1. The molecular weight excluding hydrogens is 314 g/mol. The lowest BCUT2D eigenvalue weighted by molar-refractivity contribution is 0.170. The number of halogens is 2. The van der Waals surface area contributed by atoms with Crippen LogP contribution >= 0.6 is 0 Å². The average molecular weight is 334 g/mol. The van der Waals surface area contributed by atoms with Crippen LogP contribution in [0.15, 0.2) is 18.2 Å². The number of fused-ring (bicyclic) bond motifs is 1. The van der Waals surface area contributed by atoms with E-state index in [4.69, 9.17) is 0 Å². The van der Waals surface area contributed by atoms with E-state index in [1.807, 2.05) is 4.90 Å². The number of rotatable bonds is 3. The van der Waals surface area contributed by atoms with Gasteiger partial charge in [-0.05, 0) is 37.5 Å². The second-order valence-corrected chi connectivity index (χ2v) is 6.64. The molecule has 24 heavy (non-hydrogen) atoms. The molecule has 3 heterocycles. The molecule has 0 saturated carbocycles. The molecule has 1 saturated heterocycles. The molecule has 2 aliphatic rings. The molecule has 1 aromatic carbocycles. The van der Waals surface area contributed by atoms with Crippen LogP contribution in [0.3, 0.4) is 0 Å². The van der Waals surface area contributed by atoms with Crippen molar-refractivity contribution in [2.75, 3.05) is 6.54 Å². The zero-order chi connectivity index (χ0) is 16.7. The highest BCUT2D eigenvalue weighted by Crippen LogP contribution is 2.35. The number of β-amino-alcohol motifs (C(OH)–C–C–N with tert-alkyl or cyclic N) is 1. The second-order valence-electron chi connectivity index (χ2n) is 6.64. The monoisotopic (exact) mass is 334 g/mol. The summed E-state index contributed by atoms with van der Waals surface area (Å²) in [6, 6.07) is 3.13. The average Bonchev–Trinajstić information content (AvgIpc) is 3.14. The van der Waals surface area contributed by atoms with Crippen molar-refractivity contribution in [1.82, 2.24) is 19.7 Å². The van der Waals surface area contributed by atoms with Gasteiger partial charge in [-0.1, -0.05) is 0 Å². The van der Waals surface area contributed by atoms with Crippen LogP contribution in [0.5, 0.6) is 0 Å². The Hall–Kier alpha value is -1.86. The van der Waals surface area contributed by atoms with Gasteiger partial charge in [-0.3, -0.25) is 4.90 Å². The molecule has 2 aliphatic heterocycles. The molecule has 0 unspecified atom stereocenters. The minimum atomic E-state index is -0.554. The minimum absolute atomic E-state index is 0.296. The van der Waals surface area contributed by atoms with Crippen LogP contribution in [0.1, 0.15) is 42.5 Å². The molecule has 4 rings (SSSR count). The number of hydrogen-bond acceptors (Lipinski definition) is 4. The summed E-state index contributed by atoms with van der Waals surface area (Å²) in [5, 5.41) is 18.6. The van der Waals surface area contributed by atoms with Gasteiger partial charge in [0.25, 0.3) is 0 Å². The van der Waals surface area contributed by atoms with Gasteiger partial charge < -0.3 is 9.67 Å². The summed E-state index contributed by atoms with van der Waals surface area (Å²) in [5.74, 6) is 0.918. The third kappa shape index (κ3) is 2.82. The maximum Gasteiger partial charge on any atom is 0.147 e. The van der Waals surface area contributed by atoms with Crippen molar-refractivity contribution in [3.05, 3.63) is 47.0 Å². The van der Waals surface area contributed by atoms with E-state index in [0.29, 0.717) is 25.1 Å². The van der Waals surface area contributed by atoms with E-state index in [1.54, 1.807) is 0 Å². The van der Waals surface area contributed by atoms with Gasteiger partial charge in [-0.15, -0.1) is 10.2 Å². The lowest BCUT2D eigenvalue weighted by Crippen LogP contribution is -2.27. The predicted octanol–water partition coefficient (Wildman–Crippen LogP) is 2.20. The molecule has 0 radical (unpaired) electrons. The largest absolute Gasteiger partial charge is 0.392 e. The lowest BCUT2D eigenvalue weighted by Gasteiger charge is -2.25. The molecule has 0 amide bonds. The number of benzene rings is 1. The van der Waals surface area contributed by atoms with Gasteiger partial charge in [0.05, 0.1) is 12.6 Å². The fourth-order valence-electron chi connectivity index (χ4n) is 3.81. The van der Waals surface area contributed by atoms with E-state index in [2.05, 4.69) is 14.8 Å². The van der Waals surface area contributed by atoms with Crippen LogP contribution in [0.2, 0.25) is 0 Å². The van der Waals surface area contributed by atoms with E-state index in [1.165, 1.54) is 6.07 Å². The zero-order valence-electron chi connectivity index (χ0n) is 13.3. The fourth-order valence-corrected chi connectivity index (χ4v) is 3.81. The van der Waals surface area contributed by atoms with Gasteiger partial charge in [0.15, 0.2) is 0 Å². The number of likely N-dealkylation sites (tertiary alicyclic amines) is 1. The van der Waals surface area contributed by atoms with E-state index < -0.39 is 17.7 Å². The second kappa shape index (κ2) is 6.22. The molecule has 128 valence electrons. The first-order chi connectivity index (χ1) is 11.6. The Kier molecular flexibility index (Phi) is 4.05. The fraction of sp³-hybridized carbons (Fsp3) is 0.529. The number of nitrogens with zero attached hydrogens (tertiary/aromatic N) is 4. The zero-order valence-corrected chi connectivity index (χ0v) is 13.3. The van der Waals surface area contributed by atoms with Crippen molar-refractivity contribution in [2.45, 2.75) is 50.9 Å². The van der Waals surface area contributed by atoms with Crippen LogP contribution in [-0.4, -0.2) is 37.4 Å². The first-order valence-corrected chi connectivity index (χ1v) is 8.40. The Balaban J connectivity index is 1.61. The number of aliphatic hydroxyl groups is 1. The number of aryl methyl sites for hydroxylation is 1. The van der Waals surface area contributed by atoms with Crippen molar-refractivity contribution in [1.29, 1.82) is 0 Å². The van der Waals surface area contributed by atoms with E-state index in [0.717, 1.165) is 49.6 Å². The summed E-state index contributed by atoms with van der Waals surface area (Å²) in [6.07, 6.45) is 2.99. The maximum absolute atomic E-state index is 14.2. The topological polar surface area (TPSA) is 54.2 Å². The van der Waals surface area contributed by atoms with Crippen LogP contribution in [-0.2, 0) is 19.5 Å². The molecular formula is C17H20F2N4O. The van der Waals surface area contributed by atoms with Gasteiger partial charge >= 0.3 is 0 Å². The Bertz CT molecular complexity index is 748. The van der Waals surface area contributed by atoms with E-state index in [-0.39, 0.29) is 6.04 Å². The summed E-state index contributed by atoms with van der Waals surface area (Å²) in [6.45, 7) is 1.79. The quantitative estimate of drug-likeness (QED) is 0.935. The van der Waals surface area contributed by atoms with Crippen LogP contribution < -0.4 is 0 Å². The normalized spacial score (nSPS) is 24.3. The summed E-state index contributed by atoms with van der Waals surface area (Å²) in [7, 11) is 0. The maximum atomic E-state index is 14.2. The standard InChI is InChI=1S/C17H20F2N4O/c18-11-4-5-14(19)13(7-11)15-8-12(24)9-22(15)10-17-21-20-16-3-1-2-6-23(16)17/h4-5,7,12,15,24H,1-3,6,8-10H2/t12-,15-/m1/s1. The van der Waals surface area contributed by atoms with Gasteiger partial charge in [-0.2, -0.15) is 0 Å². The Morgan fingerprint density at radius 3 is 2.96 bits per heavy atom. The molecule has 1 fully saturated rings. The van der Waals surface area contributed by atoms with Gasteiger partial charge in [-0.25, -0.2) is 8.78 Å². The summed E-state index contributed by atoms with van der Waals surface area (Å²) < 4.78 is 29.8. The SMILES string of the molecule is O[C@@H]1C[C@H](c2cc(F)ccc2F)N(Cc2nnc3n2CCCC3)C1. The van der Waals surface area contributed by atoms with Gasteiger partial charge in [0.2, 0.25) is 0 Å². The van der Waals surface area contributed by atoms with Crippen molar-refractivity contribution >= 4 is 0 Å². The number of aliphatic hydroxyl groups excluding tert-OH is 1. The highest BCUT2D eigenvalue weighted by atomic mass is 19.1. The molecule has 0 bridgehead atoms. The highest BCUT2D eigenvalue weighted by molar-refractivity contribution is 5.24. The van der Waals surface area contributed by atoms with E-state index >= 15 is 0 Å². The van der Waals surface area contributed by atoms with Gasteiger partial charge in [0.1, 0.15) is 23.3 Å². The van der Waals surface area contributed by atoms with Crippen LogP contribution in [0, 0.1) is 11.6 Å². The lowest BCUT2D eigenvalue weighted by atomic mass is 10.0. The van der Waals surface area contributed by atoms with E-state index in [9.17, 15) is 13.9 Å². The minimum Gasteiger partial charge on any atom is -0.392 e. The van der Waals surface area contributed by atoms with Gasteiger partial charge in [0, 0.05) is 31.1 Å². The third-order valence-corrected chi connectivity index (χ3v) is 4.98. The molecule has 7 heteroatoms. The molecule has 1 N–H and O–H groups in total.